The molecular formula is C26H29ClF3N5O5. The van der Waals surface area contributed by atoms with Gasteiger partial charge in [0.2, 0.25) is 5.91 Å². The summed E-state index contributed by atoms with van der Waals surface area (Å²) in [5.74, 6) is -1.29. The molecule has 10 nitrogen and oxygen atoms in total. The molecular weight excluding hydrogens is 555 g/mol. The number of likely N-dealkylation sites (tertiary alicyclic amines) is 1. The number of benzene rings is 1. The lowest BCUT2D eigenvalue weighted by molar-refractivity contribution is -0.153. The molecule has 1 aliphatic rings. The van der Waals surface area contributed by atoms with Crippen LogP contribution in [0.4, 0.5) is 13.2 Å². The van der Waals surface area contributed by atoms with E-state index in [2.05, 4.69) is 10.3 Å². The maximum atomic E-state index is 13.8. The molecule has 3 heterocycles. The Kier molecular flexibility index (Phi) is 8.74. The normalized spacial score (nSPS) is 14.5. The van der Waals surface area contributed by atoms with Crippen molar-refractivity contribution < 1.29 is 32.6 Å². The predicted molar refractivity (Wildman–Crippen MR) is 141 cm³/mol. The van der Waals surface area contributed by atoms with Crippen molar-refractivity contribution in [3.05, 3.63) is 56.7 Å². The van der Waals surface area contributed by atoms with Crippen molar-refractivity contribution in [3.63, 3.8) is 0 Å². The number of aromatic nitrogens is 3. The van der Waals surface area contributed by atoms with Crippen molar-refractivity contribution in [2.24, 2.45) is 7.05 Å². The number of aliphatic hydroxyl groups excluding tert-OH is 1. The molecule has 40 heavy (non-hydrogen) atoms. The van der Waals surface area contributed by atoms with E-state index in [1.54, 1.807) is 31.2 Å². The summed E-state index contributed by atoms with van der Waals surface area (Å²) in [6, 6.07) is 6.43. The van der Waals surface area contributed by atoms with E-state index in [9.17, 15) is 27.6 Å². The zero-order chi connectivity index (χ0) is 29.2. The van der Waals surface area contributed by atoms with Crippen LogP contribution in [0.5, 0.6) is 5.75 Å². The quantitative estimate of drug-likeness (QED) is 0.421. The van der Waals surface area contributed by atoms with E-state index in [1.807, 2.05) is 0 Å². The number of carbonyl (C=O) groups excluding carboxylic acids is 2. The largest absolute Gasteiger partial charge is 0.481 e. The maximum Gasteiger partial charge on any atom is 0.422 e. The smallest absolute Gasteiger partial charge is 0.422 e. The Morgan fingerprint density at radius 3 is 2.55 bits per heavy atom. The molecule has 1 fully saturated rings. The number of hydrogen-bond acceptors (Lipinski definition) is 6. The van der Waals surface area contributed by atoms with Crippen molar-refractivity contribution in [2.45, 2.75) is 44.9 Å². The summed E-state index contributed by atoms with van der Waals surface area (Å²) in [5, 5.41) is 12.1. The third-order valence-corrected chi connectivity index (χ3v) is 7.02. The van der Waals surface area contributed by atoms with Crippen molar-refractivity contribution in [3.8, 4) is 5.75 Å². The molecule has 0 spiro atoms. The first-order chi connectivity index (χ1) is 18.9. The van der Waals surface area contributed by atoms with Gasteiger partial charge in [0.05, 0.1) is 6.54 Å². The number of amides is 2. The zero-order valence-electron chi connectivity index (χ0n) is 21.9. The highest BCUT2D eigenvalue weighted by molar-refractivity contribution is 6.30. The third-order valence-electron chi connectivity index (χ3n) is 6.78. The van der Waals surface area contributed by atoms with Crippen LogP contribution < -0.4 is 15.6 Å². The van der Waals surface area contributed by atoms with E-state index >= 15 is 0 Å². The number of halogens is 4. The lowest BCUT2D eigenvalue weighted by Gasteiger charge is -2.32. The van der Waals surface area contributed by atoms with E-state index in [-0.39, 0.29) is 29.3 Å². The van der Waals surface area contributed by atoms with Crippen LogP contribution in [-0.4, -0.2) is 74.5 Å². The van der Waals surface area contributed by atoms with E-state index in [1.165, 1.54) is 21.1 Å². The first-order valence-corrected chi connectivity index (χ1v) is 13.1. The van der Waals surface area contributed by atoms with E-state index in [0.717, 1.165) is 0 Å². The van der Waals surface area contributed by atoms with E-state index < -0.39 is 42.5 Å². The molecule has 1 saturated heterocycles. The number of nitrogens with zero attached hydrogens (tertiary/aromatic N) is 4. The molecule has 0 aliphatic carbocycles. The zero-order valence-corrected chi connectivity index (χ0v) is 22.7. The van der Waals surface area contributed by atoms with Gasteiger partial charge in [0.1, 0.15) is 17.8 Å². The third kappa shape index (κ3) is 6.25. The van der Waals surface area contributed by atoms with Gasteiger partial charge < -0.3 is 24.6 Å². The van der Waals surface area contributed by atoms with Crippen LogP contribution in [0.2, 0.25) is 5.02 Å². The van der Waals surface area contributed by atoms with Gasteiger partial charge in [0, 0.05) is 37.6 Å². The SMILES string of the molecule is CCc1nc2c(c(OCC(F)(F)F)c(C(=O)NC3CCN(C(=O)CO)CC3)n2C)c(=O)n1Cc1cccc(Cl)c1. The number of alkyl halides is 3. The van der Waals surface area contributed by atoms with Gasteiger partial charge in [-0.25, -0.2) is 4.98 Å². The lowest BCUT2D eigenvalue weighted by atomic mass is 10.0. The standard InChI is InChI=1S/C26H29ClF3N5O5/c1-3-18-32-23-20(25(39)35(18)12-15-5-4-6-16(27)11-15)22(40-14-26(28,29)30)21(33(23)2)24(38)31-17-7-9-34(10-8-17)19(37)13-36/h4-6,11,17,36H,3,7-10,12-14H2,1-2H3,(H,31,38). The van der Waals surface area contributed by atoms with Gasteiger partial charge in [-0.05, 0) is 30.5 Å². The highest BCUT2D eigenvalue weighted by atomic mass is 35.5. The number of hydrogen-bond donors (Lipinski definition) is 2. The minimum absolute atomic E-state index is 0.0230. The molecule has 2 N–H and O–H groups in total. The Hall–Kier alpha value is -3.58. The first kappa shape index (κ1) is 29.4. The van der Waals surface area contributed by atoms with Crippen LogP contribution >= 0.6 is 11.6 Å². The summed E-state index contributed by atoms with van der Waals surface area (Å²) >= 11 is 6.09. The summed E-state index contributed by atoms with van der Waals surface area (Å²) in [6.45, 7) is 0.115. The highest BCUT2D eigenvalue weighted by Crippen LogP contribution is 2.32. The number of fused-ring (bicyclic) bond motifs is 1. The minimum atomic E-state index is -4.72. The van der Waals surface area contributed by atoms with Gasteiger partial charge in [-0.1, -0.05) is 30.7 Å². The fourth-order valence-corrected chi connectivity index (χ4v) is 5.05. The van der Waals surface area contributed by atoms with Crippen molar-refractivity contribution in [1.82, 2.24) is 24.3 Å². The minimum Gasteiger partial charge on any atom is -0.481 e. The molecule has 2 aromatic heterocycles. The van der Waals surface area contributed by atoms with Gasteiger partial charge in [-0.3, -0.25) is 19.0 Å². The number of piperidine rings is 1. The summed E-state index contributed by atoms with van der Waals surface area (Å²) in [6.07, 6.45) is -3.63. The predicted octanol–water partition coefficient (Wildman–Crippen LogP) is 2.65. The number of aliphatic hydroxyl groups is 1. The number of nitrogens with one attached hydrogen (secondary N) is 1. The van der Waals surface area contributed by atoms with Crippen LogP contribution in [0, 0.1) is 0 Å². The Balaban J connectivity index is 1.76. The molecule has 1 aromatic carbocycles. The molecule has 0 atom stereocenters. The number of aryl methyl sites for hydroxylation is 2. The number of rotatable bonds is 8. The molecule has 14 heteroatoms. The van der Waals surface area contributed by atoms with Gasteiger partial charge in [0.15, 0.2) is 23.7 Å². The molecule has 0 unspecified atom stereocenters. The molecule has 1 aliphatic heterocycles. The molecule has 0 bridgehead atoms. The van der Waals surface area contributed by atoms with Crippen molar-refractivity contribution in [1.29, 1.82) is 0 Å². The second-order valence-electron chi connectivity index (χ2n) is 9.53. The second kappa shape index (κ2) is 11.9. The monoisotopic (exact) mass is 583 g/mol. The molecule has 4 rings (SSSR count). The molecule has 3 aromatic rings. The van der Waals surface area contributed by atoms with Crippen molar-refractivity contribution in [2.75, 3.05) is 26.3 Å². The number of carbonyl (C=O) groups is 2. The van der Waals surface area contributed by atoms with E-state index in [4.69, 9.17) is 21.4 Å². The summed E-state index contributed by atoms with van der Waals surface area (Å²) in [4.78, 5) is 45.0. The molecule has 0 radical (unpaired) electrons. The van der Waals surface area contributed by atoms with Crippen LogP contribution in [0.25, 0.3) is 11.0 Å². The van der Waals surface area contributed by atoms with Gasteiger partial charge >= 0.3 is 6.18 Å². The fraction of sp³-hybridized carbons (Fsp3) is 0.462. The average molecular weight is 584 g/mol. The molecule has 0 saturated carbocycles. The van der Waals surface area contributed by atoms with Crippen LogP contribution in [0.1, 0.15) is 41.6 Å². The van der Waals surface area contributed by atoms with Crippen molar-refractivity contribution >= 4 is 34.4 Å². The van der Waals surface area contributed by atoms with Gasteiger partial charge in [-0.15, -0.1) is 0 Å². The highest BCUT2D eigenvalue weighted by Gasteiger charge is 2.34. The summed E-state index contributed by atoms with van der Waals surface area (Å²) in [7, 11) is 1.44. The average Bonchev–Trinajstić information content (AvgIpc) is 3.20. The first-order valence-electron chi connectivity index (χ1n) is 12.7. The van der Waals surface area contributed by atoms with Gasteiger partial charge in [0.25, 0.3) is 11.5 Å². The Morgan fingerprint density at radius 1 is 1.25 bits per heavy atom. The second-order valence-corrected chi connectivity index (χ2v) is 9.97. The van der Waals surface area contributed by atoms with Gasteiger partial charge in [-0.2, -0.15) is 13.2 Å². The summed E-state index contributed by atoms with van der Waals surface area (Å²) < 4.78 is 47.4. The maximum absolute atomic E-state index is 13.8. The van der Waals surface area contributed by atoms with Crippen LogP contribution in [0.15, 0.2) is 29.1 Å². The van der Waals surface area contributed by atoms with Crippen LogP contribution in [-0.2, 0) is 24.8 Å². The van der Waals surface area contributed by atoms with Crippen LogP contribution in [0.3, 0.4) is 0 Å². The summed E-state index contributed by atoms with van der Waals surface area (Å²) in [5.41, 5.74) is -0.206. The fourth-order valence-electron chi connectivity index (χ4n) is 4.83. The van der Waals surface area contributed by atoms with E-state index in [0.29, 0.717) is 48.8 Å². The number of ether oxygens (including phenoxy) is 1. The Labute approximate surface area is 232 Å². The molecule has 2 amide bonds. The topological polar surface area (TPSA) is 119 Å². The molecule has 216 valence electrons. The lowest BCUT2D eigenvalue weighted by Crippen LogP contribution is -2.47. The Morgan fingerprint density at radius 2 is 1.95 bits per heavy atom. The Bertz CT molecular complexity index is 1480.